The molecule has 0 bridgehead atoms. The highest BCUT2D eigenvalue weighted by molar-refractivity contribution is 6.33. The Morgan fingerprint density at radius 3 is 2.51 bits per heavy atom. The zero-order valence-corrected chi connectivity index (χ0v) is 20.5. The van der Waals surface area contributed by atoms with E-state index in [9.17, 15) is 9.59 Å². The Labute approximate surface area is 218 Å². The van der Waals surface area contributed by atoms with E-state index in [0.717, 1.165) is 18.9 Å². The smallest absolute Gasteiger partial charge is 0.323 e. The number of aromatic nitrogens is 3. The number of carbonyl (C=O) groups excluding carboxylic acids is 2. The molecule has 1 fully saturated rings. The van der Waals surface area contributed by atoms with Gasteiger partial charge in [-0.15, -0.1) is 0 Å². The van der Waals surface area contributed by atoms with Gasteiger partial charge < -0.3 is 25.6 Å². The highest BCUT2D eigenvalue weighted by Crippen LogP contribution is 2.21. The van der Waals surface area contributed by atoms with E-state index in [2.05, 4.69) is 30.9 Å². The number of rotatable bonds is 6. The number of nitrogens with zero attached hydrogens (tertiary/aromatic N) is 4. The van der Waals surface area contributed by atoms with Crippen LogP contribution in [0.3, 0.4) is 0 Å². The molecule has 5 rings (SSSR count). The molecule has 0 spiro atoms. The summed E-state index contributed by atoms with van der Waals surface area (Å²) in [6, 6.07) is 17.2. The number of ether oxygens (including phenoxy) is 1. The lowest BCUT2D eigenvalue weighted by atomic mass is 10.2. The molecule has 188 valence electrons. The number of para-hydroxylation sites is 1. The standard InChI is InChI=1S/C26H24ClN7O3/c27-22-6-1-2-7-23(22)32-26(36)31-20-16-29-34(17-20)21-5-3-4-18(14-21)25(35)30-19-8-9-24(28-15-19)33-10-12-37-13-11-33/h1-9,14-17H,10-13H2,(H,30,35)(H2,31,32,36). The number of urea groups is 1. The van der Waals surface area contributed by atoms with Crippen molar-refractivity contribution in [3.63, 3.8) is 0 Å². The average Bonchev–Trinajstić information content (AvgIpc) is 3.39. The molecule has 2 aromatic carbocycles. The lowest BCUT2D eigenvalue weighted by molar-refractivity contribution is 0.102. The predicted octanol–water partition coefficient (Wildman–Crippen LogP) is 4.65. The Kier molecular flexibility index (Phi) is 7.29. The van der Waals surface area contributed by atoms with Crippen molar-refractivity contribution in [3.05, 3.63) is 89.8 Å². The second-order valence-corrected chi connectivity index (χ2v) is 8.65. The van der Waals surface area contributed by atoms with Crippen LogP contribution in [0, 0.1) is 0 Å². The maximum absolute atomic E-state index is 12.9. The molecule has 3 amide bonds. The number of anilines is 4. The molecule has 10 nitrogen and oxygen atoms in total. The molecule has 37 heavy (non-hydrogen) atoms. The minimum atomic E-state index is -0.450. The highest BCUT2D eigenvalue weighted by Gasteiger charge is 2.14. The lowest BCUT2D eigenvalue weighted by Gasteiger charge is -2.27. The summed E-state index contributed by atoms with van der Waals surface area (Å²) in [7, 11) is 0. The van der Waals surface area contributed by atoms with E-state index < -0.39 is 6.03 Å². The van der Waals surface area contributed by atoms with Crippen LogP contribution in [0.4, 0.5) is 27.7 Å². The number of carbonyl (C=O) groups is 2. The third kappa shape index (κ3) is 6.05. The predicted molar refractivity (Wildman–Crippen MR) is 143 cm³/mol. The molecule has 2 aromatic heterocycles. The number of hydrogen-bond donors (Lipinski definition) is 3. The summed E-state index contributed by atoms with van der Waals surface area (Å²) in [6.45, 7) is 2.95. The Hall–Kier alpha value is -4.41. The number of benzene rings is 2. The summed E-state index contributed by atoms with van der Waals surface area (Å²) < 4.78 is 6.94. The van der Waals surface area contributed by atoms with Crippen LogP contribution in [-0.4, -0.2) is 53.0 Å². The van der Waals surface area contributed by atoms with Crippen molar-refractivity contribution in [2.75, 3.05) is 47.2 Å². The molecular weight excluding hydrogens is 494 g/mol. The zero-order chi connectivity index (χ0) is 25.6. The first-order valence-electron chi connectivity index (χ1n) is 11.6. The fourth-order valence-electron chi connectivity index (χ4n) is 3.81. The first-order valence-corrected chi connectivity index (χ1v) is 12.0. The summed E-state index contributed by atoms with van der Waals surface area (Å²) in [5.41, 5.74) is 2.69. The normalized spacial score (nSPS) is 13.2. The Bertz CT molecular complexity index is 1400. The Morgan fingerprint density at radius 2 is 1.73 bits per heavy atom. The van der Waals surface area contributed by atoms with Crippen LogP contribution in [-0.2, 0) is 4.74 Å². The Morgan fingerprint density at radius 1 is 0.892 bits per heavy atom. The SMILES string of the molecule is O=C(Nc1cnn(-c2cccc(C(=O)Nc3ccc(N4CCOCC4)nc3)c2)c1)Nc1ccccc1Cl. The average molecular weight is 518 g/mol. The number of nitrogens with one attached hydrogen (secondary N) is 3. The van der Waals surface area contributed by atoms with Crippen molar-refractivity contribution in [1.82, 2.24) is 14.8 Å². The molecule has 0 atom stereocenters. The van der Waals surface area contributed by atoms with E-state index in [1.165, 1.54) is 6.20 Å². The topological polar surface area (TPSA) is 113 Å². The first-order chi connectivity index (χ1) is 18.0. The van der Waals surface area contributed by atoms with Crippen LogP contribution >= 0.6 is 11.6 Å². The second-order valence-electron chi connectivity index (χ2n) is 8.24. The molecule has 1 saturated heterocycles. The molecule has 0 unspecified atom stereocenters. The molecule has 0 radical (unpaired) electrons. The summed E-state index contributed by atoms with van der Waals surface area (Å²) in [4.78, 5) is 31.8. The number of pyridine rings is 1. The number of hydrogen-bond acceptors (Lipinski definition) is 6. The molecule has 4 aromatic rings. The third-order valence-electron chi connectivity index (χ3n) is 5.68. The number of halogens is 1. The molecule has 0 aliphatic carbocycles. The fraction of sp³-hybridized carbons (Fsp3) is 0.154. The van der Waals surface area contributed by atoms with Gasteiger partial charge in [-0.05, 0) is 42.5 Å². The van der Waals surface area contributed by atoms with Gasteiger partial charge in [-0.25, -0.2) is 14.5 Å². The maximum atomic E-state index is 12.9. The molecule has 1 aliphatic rings. The van der Waals surface area contributed by atoms with Crippen molar-refractivity contribution in [2.24, 2.45) is 0 Å². The largest absolute Gasteiger partial charge is 0.378 e. The Balaban J connectivity index is 1.21. The van der Waals surface area contributed by atoms with Gasteiger partial charge in [0.05, 0.1) is 59.6 Å². The third-order valence-corrected chi connectivity index (χ3v) is 6.01. The van der Waals surface area contributed by atoms with Crippen molar-refractivity contribution in [2.45, 2.75) is 0 Å². The van der Waals surface area contributed by atoms with Gasteiger partial charge in [0, 0.05) is 18.7 Å². The molecule has 3 N–H and O–H groups in total. The van der Waals surface area contributed by atoms with Gasteiger partial charge in [-0.2, -0.15) is 5.10 Å². The van der Waals surface area contributed by atoms with E-state index in [1.807, 2.05) is 18.2 Å². The fourth-order valence-corrected chi connectivity index (χ4v) is 3.99. The van der Waals surface area contributed by atoms with Crippen molar-refractivity contribution in [3.8, 4) is 5.69 Å². The number of amides is 3. The van der Waals surface area contributed by atoms with Crippen LogP contribution in [0.15, 0.2) is 79.3 Å². The van der Waals surface area contributed by atoms with Crippen LogP contribution < -0.4 is 20.9 Å². The van der Waals surface area contributed by atoms with Gasteiger partial charge in [0.2, 0.25) is 0 Å². The van der Waals surface area contributed by atoms with Gasteiger partial charge in [0.25, 0.3) is 5.91 Å². The van der Waals surface area contributed by atoms with Gasteiger partial charge in [-0.3, -0.25) is 4.79 Å². The lowest BCUT2D eigenvalue weighted by Crippen LogP contribution is -2.36. The summed E-state index contributed by atoms with van der Waals surface area (Å²) >= 11 is 6.08. The monoisotopic (exact) mass is 517 g/mol. The van der Waals surface area contributed by atoms with Crippen LogP contribution in [0.1, 0.15) is 10.4 Å². The van der Waals surface area contributed by atoms with Crippen molar-refractivity contribution in [1.29, 1.82) is 0 Å². The van der Waals surface area contributed by atoms with Crippen LogP contribution in [0.5, 0.6) is 0 Å². The van der Waals surface area contributed by atoms with Crippen molar-refractivity contribution >= 4 is 46.4 Å². The van der Waals surface area contributed by atoms with Gasteiger partial charge in [0.1, 0.15) is 5.82 Å². The van der Waals surface area contributed by atoms with Gasteiger partial charge in [0.15, 0.2) is 0 Å². The minimum Gasteiger partial charge on any atom is -0.378 e. The van der Waals surface area contributed by atoms with Crippen LogP contribution in [0.2, 0.25) is 5.02 Å². The molecule has 0 saturated carbocycles. The second kappa shape index (κ2) is 11.1. The highest BCUT2D eigenvalue weighted by atomic mass is 35.5. The summed E-state index contributed by atoms with van der Waals surface area (Å²) in [6.07, 6.45) is 4.81. The molecular formula is C26H24ClN7O3. The van der Waals surface area contributed by atoms with Crippen LogP contribution in [0.25, 0.3) is 5.69 Å². The zero-order valence-electron chi connectivity index (χ0n) is 19.7. The molecule has 1 aliphatic heterocycles. The van der Waals surface area contributed by atoms with E-state index >= 15 is 0 Å². The summed E-state index contributed by atoms with van der Waals surface area (Å²) in [5.74, 6) is 0.583. The van der Waals surface area contributed by atoms with Gasteiger partial charge in [-0.1, -0.05) is 29.8 Å². The molecule has 3 heterocycles. The van der Waals surface area contributed by atoms with E-state index in [-0.39, 0.29) is 5.91 Å². The minimum absolute atomic E-state index is 0.271. The number of morpholine rings is 1. The van der Waals surface area contributed by atoms with E-state index in [4.69, 9.17) is 16.3 Å². The van der Waals surface area contributed by atoms with E-state index in [1.54, 1.807) is 59.5 Å². The summed E-state index contributed by atoms with van der Waals surface area (Å²) in [5, 5.41) is 13.0. The van der Waals surface area contributed by atoms with Crippen molar-refractivity contribution < 1.29 is 14.3 Å². The van der Waals surface area contributed by atoms with E-state index in [0.29, 0.717) is 46.5 Å². The van der Waals surface area contributed by atoms with Gasteiger partial charge >= 0.3 is 6.03 Å². The maximum Gasteiger partial charge on any atom is 0.323 e. The quantitative estimate of drug-likeness (QED) is 0.343. The first kappa shape index (κ1) is 24.3. The molecule has 11 heteroatoms.